The van der Waals surface area contributed by atoms with Crippen molar-refractivity contribution in [3.05, 3.63) is 18.0 Å². The fourth-order valence-electron chi connectivity index (χ4n) is 1.63. The average Bonchev–Trinajstić information content (AvgIpc) is 2.83. The third-order valence-electron chi connectivity index (χ3n) is 2.36. The third kappa shape index (κ3) is 2.26. The second-order valence-electron chi connectivity index (χ2n) is 3.64. The number of aromatic nitrogens is 2. The largest absolute Gasteiger partial charge is 0.433 e. The molecule has 0 aliphatic carbocycles. The third-order valence-corrected chi connectivity index (χ3v) is 2.36. The zero-order valence-corrected chi connectivity index (χ0v) is 8.94. The Bertz CT molecular complexity index is 429. The molecule has 2 heterocycles. The zero-order valence-electron chi connectivity index (χ0n) is 8.94. The van der Waals surface area contributed by atoms with E-state index in [0.717, 1.165) is 0 Å². The number of hydrogen-bond donors (Lipinski definition) is 0. The standard InChI is InChI=1S/C9H10F3N3O2/c1-14-3-2-6(13-14)7(16)15-4-5-17-8(15)9(10,11)12/h2-3,8H,4-5H2,1H3/t8-/m0/s1. The molecule has 0 radical (unpaired) electrons. The summed E-state index contributed by atoms with van der Waals surface area (Å²) in [5.41, 5.74) is -0.0211. The molecular formula is C9H10F3N3O2. The van der Waals surface area contributed by atoms with Crippen LogP contribution in [0.4, 0.5) is 13.2 Å². The summed E-state index contributed by atoms with van der Waals surface area (Å²) in [6.07, 6.45) is -5.26. The summed E-state index contributed by atoms with van der Waals surface area (Å²) in [6.45, 7) is -0.206. The van der Waals surface area contributed by atoms with E-state index < -0.39 is 18.3 Å². The first-order valence-corrected chi connectivity index (χ1v) is 4.88. The van der Waals surface area contributed by atoms with Crippen molar-refractivity contribution in [1.82, 2.24) is 14.7 Å². The van der Waals surface area contributed by atoms with Crippen LogP contribution in [0.1, 0.15) is 10.5 Å². The highest BCUT2D eigenvalue weighted by molar-refractivity contribution is 5.92. The van der Waals surface area contributed by atoms with Gasteiger partial charge in [-0.25, -0.2) is 0 Å². The molecule has 8 heteroatoms. The van der Waals surface area contributed by atoms with Crippen LogP contribution in [-0.2, 0) is 11.8 Å². The van der Waals surface area contributed by atoms with E-state index in [1.807, 2.05) is 0 Å². The van der Waals surface area contributed by atoms with Gasteiger partial charge >= 0.3 is 6.18 Å². The van der Waals surface area contributed by atoms with Gasteiger partial charge in [0.15, 0.2) is 0 Å². The molecule has 1 aromatic heterocycles. The Labute approximate surface area is 94.8 Å². The molecule has 1 aliphatic heterocycles. The molecule has 5 nitrogen and oxygen atoms in total. The molecule has 1 aliphatic rings. The van der Waals surface area contributed by atoms with Gasteiger partial charge in [0.2, 0.25) is 6.23 Å². The van der Waals surface area contributed by atoms with Crippen molar-refractivity contribution in [1.29, 1.82) is 0 Å². The van der Waals surface area contributed by atoms with Crippen molar-refractivity contribution in [3.63, 3.8) is 0 Å². The molecule has 0 unspecified atom stereocenters. The molecule has 0 bridgehead atoms. The van der Waals surface area contributed by atoms with Crippen LogP contribution >= 0.6 is 0 Å². The summed E-state index contributed by atoms with van der Waals surface area (Å²) in [5, 5.41) is 3.77. The van der Waals surface area contributed by atoms with Gasteiger partial charge in [0.05, 0.1) is 6.61 Å². The van der Waals surface area contributed by atoms with E-state index in [0.29, 0.717) is 4.90 Å². The molecule has 94 valence electrons. The molecule has 1 fully saturated rings. The van der Waals surface area contributed by atoms with Gasteiger partial charge in [-0.15, -0.1) is 0 Å². The van der Waals surface area contributed by atoms with Gasteiger partial charge in [0, 0.05) is 19.8 Å². The molecule has 0 N–H and O–H groups in total. The minimum absolute atomic E-state index is 0.0211. The summed E-state index contributed by atoms with van der Waals surface area (Å²) in [5.74, 6) is -0.773. The number of hydrogen-bond acceptors (Lipinski definition) is 3. The van der Waals surface area contributed by atoms with Crippen LogP contribution in [0.3, 0.4) is 0 Å². The molecule has 17 heavy (non-hydrogen) atoms. The number of carbonyl (C=O) groups is 1. The first-order chi connectivity index (χ1) is 7.89. The van der Waals surface area contributed by atoms with Crippen molar-refractivity contribution in [3.8, 4) is 0 Å². The van der Waals surface area contributed by atoms with Gasteiger partial charge in [-0.05, 0) is 6.07 Å². The van der Waals surface area contributed by atoms with Crippen molar-refractivity contribution in [2.75, 3.05) is 13.2 Å². The lowest BCUT2D eigenvalue weighted by Crippen LogP contribution is -2.45. The predicted octanol–water partition coefficient (Wildman–Crippen LogP) is 0.781. The van der Waals surface area contributed by atoms with Gasteiger partial charge in [-0.1, -0.05) is 0 Å². The highest BCUT2D eigenvalue weighted by atomic mass is 19.4. The SMILES string of the molecule is Cn1ccc(C(=O)N2CCO[C@H]2C(F)(F)F)n1. The van der Waals surface area contributed by atoms with Crippen LogP contribution in [0.2, 0.25) is 0 Å². The monoisotopic (exact) mass is 249 g/mol. The van der Waals surface area contributed by atoms with Crippen LogP contribution < -0.4 is 0 Å². The summed E-state index contributed by atoms with van der Waals surface area (Å²) in [6, 6.07) is 1.37. The van der Waals surface area contributed by atoms with E-state index in [1.165, 1.54) is 16.9 Å². The summed E-state index contributed by atoms with van der Waals surface area (Å²) in [4.78, 5) is 12.4. The first kappa shape index (κ1) is 11.9. The van der Waals surface area contributed by atoms with E-state index in [1.54, 1.807) is 7.05 Å². The molecule has 0 spiro atoms. The number of rotatable bonds is 1. The lowest BCUT2D eigenvalue weighted by Gasteiger charge is -2.24. The topological polar surface area (TPSA) is 47.4 Å². The molecule has 0 aromatic carbocycles. The van der Waals surface area contributed by atoms with Gasteiger partial charge in [-0.2, -0.15) is 18.3 Å². The van der Waals surface area contributed by atoms with Crippen LogP contribution in [0.5, 0.6) is 0 Å². The Morgan fingerprint density at radius 2 is 2.29 bits per heavy atom. The average molecular weight is 249 g/mol. The van der Waals surface area contributed by atoms with Gasteiger partial charge in [-0.3, -0.25) is 9.48 Å². The van der Waals surface area contributed by atoms with E-state index in [-0.39, 0.29) is 18.8 Å². The van der Waals surface area contributed by atoms with Gasteiger partial charge < -0.3 is 9.64 Å². The van der Waals surface area contributed by atoms with Crippen molar-refractivity contribution in [2.45, 2.75) is 12.4 Å². The number of ether oxygens (including phenoxy) is 1. The number of carbonyl (C=O) groups excluding carboxylic acids is 1. The molecule has 1 amide bonds. The molecule has 1 atom stereocenters. The van der Waals surface area contributed by atoms with Crippen molar-refractivity contribution >= 4 is 5.91 Å². The zero-order chi connectivity index (χ0) is 12.6. The van der Waals surface area contributed by atoms with Crippen LogP contribution in [0, 0.1) is 0 Å². The lowest BCUT2D eigenvalue weighted by atomic mass is 10.3. The maximum Gasteiger partial charge on any atom is 0.433 e. The predicted molar refractivity (Wildman–Crippen MR) is 50.0 cm³/mol. The van der Waals surface area contributed by atoms with Crippen LogP contribution in [0.15, 0.2) is 12.3 Å². The molecule has 0 saturated carbocycles. The number of aryl methyl sites for hydroxylation is 1. The summed E-state index contributed by atoms with van der Waals surface area (Å²) in [7, 11) is 1.58. The Kier molecular flexibility index (Phi) is 2.82. The molecule has 1 aromatic rings. The Hall–Kier alpha value is -1.57. The quantitative estimate of drug-likeness (QED) is 0.739. The highest BCUT2D eigenvalue weighted by Crippen LogP contribution is 2.29. The maximum atomic E-state index is 12.5. The van der Waals surface area contributed by atoms with E-state index >= 15 is 0 Å². The van der Waals surface area contributed by atoms with Crippen molar-refractivity contribution in [2.24, 2.45) is 7.05 Å². The van der Waals surface area contributed by atoms with Crippen LogP contribution in [-0.4, -0.2) is 46.1 Å². The second kappa shape index (κ2) is 4.02. The minimum Gasteiger partial charge on any atom is -0.348 e. The maximum absolute atomic E-state index is 12.5. The Balaban J connectivity index is 2.19. The molecule has 1 saturated heterocycles. The molecular weight excluding hydrogens is 239 g/mol. The van der Waals surface area contributed by atoms with E-state index in [9.17, 15) is 18.0 Å². The van der Waals surface area contributed by atoms with E-state index in [2.05, 4.69) is 9.84 Å². The summed E-state index contributed by atoms with van der Waals surface area (Å²) < 4.78 is 43.5. The van der Waals surface area contributed by atoms with Crippen LogP contribution in [0.25, 0.3) is 0 Å². The highest BCUT2D eigenvalue weighted by Gasteiger charge is 2.49. The first-order valence-electron chi connectivity index (χ1n) is 4.88. The smallest absolute Gasteiger partial charge is 0.348 e. The number of alkyl halides is 3. The fourth-order valence-corrected chi connectivity index (χ4v) is 1.63. The second-order valence-corrected chi connectivity index (χ2v) is 3.64. The van der Waals surface area contributed by atoms with E-state index in [4.69, 9.17) is 0 Å². The lowest BCUT2D eigenvalue weighted by molar-refractivity contribution is -0.232. The fraction of sp³-hybridized carbons (Fsp3) is 0.556. The van der Waals surface area contributed by atoms with Gasteiger partial charge in [0.1, 0.15) is 5.69 Å². The minimum atomic E-state index is -4.58. The van der Waals surface area contributed by atoms with Gasteiger partial charge in [0.25, 0.3) is 5.91 Å². The molecule has 2 rings (SSSR count). The number of nitrogens with zero attached hydrogens (tertiary/aromatic N) is 3. The number of amides is 1. The normalized spacial score (nSPS) is 20.9. The Morgan fingerprint density at radius 1 is 1.59 bits per heavy atom. The Morgan fingerprint density at radius 3 is 2.82 bits per heavy atom. The summed E-state index contributed by atoms with van der Waals surface area (Å²) >= 11 is 0. The van der Waals surface area contributed by atoms with Crippen molar-refractivity contribution < 1.29 is 22.7 Å². The number of halogens is 3.